The number of ketones is 1. The first-order valence-corrected chi connectivity index (χ1v) is 17.0. The summed E-state index contributed by atoms with van der Waals surface area (Å²) in [5.41, 5.74) is 11.6. The van der Waals surface area contributed by atoms with Gasteiger partial charge >= 0.3 is 0 Å². The van der Waals surface area contributed by atoms with Crippen LogP contribution in [-0.4, -0.2) is 35.8 Å². The van der Waals surface area contributed by atoms with Crippen molar-refractivity contribution in [2.45, 2.75) is 73.5 Å². The number of Topliss-reactive ketones (excluding diaryl/α,β-unsaturated/α-hetero) is 1. The summed E-state index contributed by atoms with van der Waals surface area (Å²) in [6.45, 7) is 15.9. The van der Waals surface area contributed by atoms with E-state index in [-0.39, 0.29) is 5.78 Å². The van der Waals surface area contributed by atoms with Gasteiger partial charge in [-0.2, -0.15) is 0 Å². The van der Waals surface area contributed by atoms with Gasteiger partial charge in [-0.05, 0) is 100 Å². The van der Waals surface area contributed by atoms with Crippen LogP contribution in [0.3, 0.4) is 0 Å². The highest BCUT2D eigenvalue weighted by molar-refractivity contribution is 8.00. The predicted molar refractivity (Wildman–Crippen MR) is 201 cm³/mol. The molecule has 0 bridgehead atoms. The van der Waals surface area contributed by atoms with E-state index >= 15 is 0 Å². The van der Waals surface area contributed by atoms with Crippen molar-refractivity contribution in [3.63, 3.8) is 0 Å². The van der Waals surface area contributed by atoms with Crippen molar-refractivity contribution in [1.29, 1.82) is 0 Å². The number of hydrogen-bond acceptors (Lipinski definition) is 5. The van der Waals surface area contributed by atoms with Crippen LogP contribution in [0.1, 0.15) is 62.4 Å². The van der Waals surface area contributed by atoms with Crippen LogP contribution >= 0.6 is 11.9 Å². The third kappa shape index (κ3) is 11.5. The van der Waals surface area contributed by atoms with Gasteiger partial charge in [0.05, 0.1) is 11.3 Å². The van der Waals surface area contributed by atoms with Crippen LogP contribution in [-0.2, 0) is 24.2 Å². The maximum atomic E-state index is 12.7. The summed E-state index contributed by atoms with van der Waals surface area (Å²) in [5, 5.41) is 12.3. The largest absolute Gasteiger partial charge is 0.391 e. The molecule has 0 spiro atoms. The molecule has 0 aromatic heterocycles. The fraction of sp³-hybridized carbons (Fsp3) is 0.341. The number of aliphatic hydroxyl groups is 1. The molecule has 0 aliphatic heterocycles. The Morgan fingerprint density at radius 1 is 0.848 bits per heavy atom. The highest BCUT2D eigenvalue weighted by Gasteiger charge is 2.26. The molecule has 0 amide bonds. The molecule has 244 valence electrons. The minimum atomic E-state index is -0.500. The molecule has 4 aromatic rings. The molecule has 2 N–H and O–H groups in total. The van der Waals surface area contributed by atoms with Crippen molar-refractivity contribution in [2.75, 3.05) is 23.7 Å². The van der Waals surface area contributed by atoms with Gasteiger partial charge in [0.2, 0.25) is 0 Å². The first kappa shape index (κ1) is 38.4. The van der Waals surface area contributed by atoms with E-state index < -0.39 is 5.60 Å². The number of nitrogens with zero attached hydrogens (tertiary/aromatic N) is 1. The van der Waals surface area contributed by atoms with E-state index in [1.54, 1.807) is 39.6 Å². The lowest BCUT2D eigenvalue weighted by molar-refractivity contribution is -0.116. The van der Waals surface area contributed by atoms with E-state index in [1.807, 2.05) is 0 Å². The molecule has 0 atom stereocenters. The fourth-order valence-corrected chi connectivity index (χ4v) is 6.05. The van der Waals surface area contributed by atoms with E-state index in [0.717, 1.165) is 30.6 Å². The third-order valence-corrected chi connectivity index (χ3v) is 8.15. The van der Waals surface area contributed by atoms with Crippen molar-refractivity contribution in [1.82, 2.24) is 5.32 Å². The molecule has 4 nitrogen and oxygen atoms in total. The number of rotatable bonds is 12. The van der Waals surface area contributed by atoms with Crippen molar-refractivity contribution in [3.8, 4) is 35.1 Å². The van der Waals surface area contributed by atoms with E-state index in [9.17, 15) is 4.79 Å². The molecule has 0 saturated carbocycles. The zero-order valence-corrected chi connectivity index (χ0v) is 29.8. The first-order chi connectivity index (χ1) is 21.9. The predicted octanol–water partition coefficient (Wildman–Crippen LogP) is 9.23. The van der Waals surface area contributed by atoms with Gasteiger partial charge in [0.1, 0.15) is 5.78 Å². The number of terminal acetylenes is 1. The molecule has 0 aliphatic rings. The zero-order chi connectivity index (χ0) is 34.3. The van der Waals surface area contributed by atoms with Crippen LogP contribution in [0.2, 0.25) is 0 Å². The second-order valence-electron chi connectivity index (χ2n) is 12.3. The smallest absolute Gasteiger partial charge is 0.134 e. The summed E-state index contributed by atoms with van der Waals surface area (Å²) in [4.78, 5) is 12.7. The van der Waals surface area contributed by atoms with E-state index in [4.69, 9.17) is 5.11 Å². The normalized spacial score (nSPS) is 10.7. The minimum Gasteiger partial charge on any atom is -0.391 e. The average molecular weight is 637 g/mol. The molecule has 0 unspecified atom stereocenters. The molecule has 0 heterocycles. The van der Waals surface area contributed by atoms with Gasteiger partial charge in [0.25, 0.3) is 0 Å². The van der Waals surface area contributed by atoms with E-state index in [1.165, 1.54) is 44.6 Å². The maximum Gasteiger partial charge on any atom is 0.134 e. The molecular formula is C41H52N2O2S. The van der Waals surface area contributed by atoms with Gasteiger partial charge in [-0.15, -0.1) is 12.8 Å². The van der Waals surface area contributed by atoms with Crippen molar-refractivity contribution < 1.29 is 9.90 Å². The Morgan fingerprint density at radius 3 is 1.87 bits per heavy atom. The van der Waals surface area contributed by atoms with Crippen LogP contribution in [0.5, 0.6) is 0 Å². The third-order valence-electron chi connectivity index (χ3n) is 7.27. The van der Waals surface area contributed by atoms with Crippen molar-refractivity contribution in [3.05, 3.63) is 113 Å². The Bertz CT molecular complexity index is 1510. The van der Waals surface area contributed by atoms with Gasteiger partial charge in [0, 0.05) is 31.3 Å². The van der Waals surface area contributed by atoms with Gasteiger partial charge in [-0.25, -0.2) is 0 Å². The summed E-state index contributed by atoms with van der Waals surface area (Å²) in [6.07, 6.45) is 11.5. The maximum absolute atomic E-state index is 12.7. The Kier molecular flexibility index (Phi) is 15.8. The highest BCUT2D eigenvalue weighted by atomic mass is 32.2. The van der Waals surface area contributed by atoms with Crippen LogP contribution < -0.4 is 9.62 Å². The SMILES string of the molecule is C#C.CC(C)(C)O.CCN(SC)c1c(C)c(CC(C)=O)c(-c2ccc(C)cc2)c(CNCCc2ccccc2)c1-c1ccccc1. The van der Waals surface area contributed by atoms with Crippen LogP contribution in [0.15, 0.2) is 84.9 Å². The summed E-state index contributed by atoms with van der Waals surface area (Å²) in [7, 11) is 0. The number of aryl methyl sites for hydroxylation is 1. The molecule has 0 fully saturated rings. The Hall–Kier alpha value is -3.82. The molecule has 0 aliphatic carbocycles. The number of carbonyl (C=O) groups is 1. The number of anilines is 1. The number of hydrogen-bond donors (Lipinski definition) is 2. The number of nitrogens with one attached hydrogen (secondary N) is 1. The summed E-state index contributed by atoms with van der Waals surface area (Å²) >= 11 is 1.74. The lowest BCUT2D eigenvalue weighted by atomic mass is 9.82. The topological polar surface area (TPSA) is 52.6 Å². The molecule has 0 radical (unpaired) electrons. The molecule has 46 heavy (non-hydrogen) atoms. The van der Waals surface area contributed by atoms with Crippen molar-refractivity contribution in [2.24, 2.45) is 0 Å². The second-order valence-corrected chi connectivity index (χ2v) is 13.1. The summed E-state index contributed by atoms with van der Waals surface area (Å²) in [5.74, 6) is 0.181. The fourth-order valence-electron chi connectivity index (χ4n) is 5.38. The lowest BCUT2D eigenvalue weighted by Crippen LogP contribution is -2.22. The number of carbonyl (C=O) groups excluding carboxylic acids is 1. The second kappa shape index (κ2) is 19.0. The molecule has 0 saturated heterocycles. The van der Waals surface area contributed by atoms with Gasteiger partial charge in [-0.3, -0.25) is 4.79 Å². The van der Waals surface area contributed by atoms with Crippen LogP contribution in [0.4, 0.5) is 5.69 Å². The summed E-state index contributed by atoms with van der Waals surface area (Å²) < 4.78 is 2.37. The molecule has 5 heteroatoms. The number of benzene rings is 4. The minimum absolute atomic E-state index is 0.181. The summed E-state index contributed by atoms with van der Waals surface area (Å²) in [6, 6.07) is 30.1. The van der Waals surface area contributed by atoms with Crippen LogP contribution in [0.25, 0.3) is 22.3 Å². The Morgan fingerprint density at radius 2 is 1.37 bits per heavy atom. The van der Waals surface area contributed by atoms with Gasteiger partial charge in [-0.1, -0.05) is 102 Å². The quantitative estimate of drug-likeness (QED) is 0.0923. The van der Waals surface area contributed by atoms with Crippen molar-refractivity contribution >= 4 is 23.4 Å². The molecule has 4 aromatic carbocycles. The van der Waals surface area contributed by atoms with Gasteiger partial charge < -0.3 is 14.7 Å². The monoisotopic (exact) mass is 636 g/mol. The zero-order valence-electron chi connectivity index (χ0n) is 29.0. The Labute approximate surface area is 282 Å². The molecule has 4 rings (SSSR count). The standard InChI is InChI=1S/C35H40N2OS.C4H10O.C2H2/c1-6-37(39-5)35-27(4)31(23-26(3)38)33(30-19-17-25(2)18-20-30)32(34(35)29-15-11-8-12-16-29)24-36-22-21-28-13-9-7-10-14-28;1-4(2,3)5;1-2/h7-20,36H,6,21-24H2,1-5H3;5H,1-3H3;1-2H. The highest BCUT2D eigenvalue weighted by Crippen LogP contribution is 2.46. The average Bonchev–Trinajstić information content (AvgIpc) is 3.03. The van der Waals surface area contributed by atoms with E-state index in [0.29, 0.717) is 13.0 Å². The van der Waals surface area contributed by atoms with Crippen LogP contribution in [0, 0.1) is 26.7 Å². The molecular weight excluding hydrogens is 585 g/mol. The first-order valence-electron chi connectivity index (χ1n) is 15.9. The van der Waals surface area contributed by atoms with E-state index in [2.05, 4.69) is 134 Å². The van der Waals surface area contributed by atoms with Gasteiger partial charge in [0.15, 0.2) is 0 Å². The lowest BCUT2D eigenvalue weighted by Gasteiger charge is -2.31. The Balaban J connectivity index is 0.000000959.